The zero-order valence-corrected chi connectivity index (χ0v) is 12.9. The van der Waals surface area contributed by atoms with Gasteiger partial charge >= 0.3 is 0 Å². The third kappa shape index (κ3) is 4.47. The van der Waals surface area contributed by atoms with Crippen molar-refractivity contribution in [2.45, 2.75) is 19.9 Å². The third-order valence-corrected chi connectivity index (χ3v) is 3.76. The van der Waals surface area contributed by atoms with Gasteiger partial charge < -0.3 is 5.32 Å². The van der Waals surface area contributed by atoms with Crippen LogP contribution in [0.3, 0.4) is 0 Å². The van der Waals surface area contributed by atoms with E-state index in [-0.39, 0.29) is 29.1 Å². The van der Waals surface area contributed by atoms with Crippen LogP contribution in [0.4, 0.5) is 5.69 Å². The number of alkyl halides is 1. The number of non-ortho nitro benzene ring substituents is 1. The van der Waals surface area contributed by atoms with E-state index >= 15 is 0 Å². The van der Waals surface area contributed by atoms with Crippen molar-refractivity contribution in [2.24, 2.45) is 5.92 Å². The molecule has 0 aliphatic heterocycles. The SMILES string of the molecule is CC(CCl)C(C)NC(=O)c1cc(Br)cc([N+](=O)[O-])c1. The molecule has 0 bridgehead atoms. The molecule has 0 saturated heterocycles. The third-order valence-electron chi connectivity index (χ3n) is 2.81. The number of hydrogen-bond acceptors (Lipinski definition) is 3. The minimum atomic E-state index is -0.535. The van der Waals surface area contributed by atoms with Gasteiger partial charge in [0.25, 0.3) is 11.6 Å². The Kier molecular flexibility index (Phi) is 5.75. The first kappa shape index (κ1) is 15.9. The predicted molar refractivity (Wildman–Crippen MR) is 77.6 cm³/mol. The molecule has 1 amide bonds. The number of benzene rings is 1. The van der Waals surface area contributed by atoms with Gasteiger partial charge in [0.1, 0.15) is 0 Å². The summed E-state index contributed by atoms with van der Waals surface area (Å²) in [5, 5.41) is 13.5. The van der Waals surface area contributed by atoms with Crippen LogP contribution in [0.5, 0.6) is 0 Å². The Morgan fingerprint density at radius 2 is 2.11 bits per heavy atom. The lowest BCUT2D eigenvalue weighted by Gasteiger charge is -2.19. The van der Waals surface area contributed by atoms with Gasteiger partial charge in [0.15, 0.2) is 0 Å². The van der Waals surface area contributed by atoms with Gasteiger partial charge in [-0.3, -0.25) is 14.9 Å². The molecule has 5 nitrogen and oxygen atoms in total. The van der Waals surface area contributed by atoms with Gasteiger partial charge in [-0.15, -0.1) is 11.6 Å². The minimum absolute atomic E-state index is 0.108. The molecule has 0 aliphatic rings. The fourth-order valence-electron chi connectivity index (χ4n) is 1.38. The molecular formula is C12H14BrClN2O3. The van der Waals surface area contributed by atoms with Gasteiger partial charge in [-0.1, -0.05) is 22.9 Å². The van der Waals surface area contributed by atoms with Gasteiger partial charge in [-0.2, -0.15) is 0 Å². The Morgan fingerprint density at radius 3 is 2.63 bits per heavy atom. The number of carbonyl (C=O) groups is 1. The molecule has 0 fully saturated rings. The molecular weight excluding hydrogens is 336 g/mol. The van der Waals surface area contributed by atoms with E-state index in [2.05, 4.69) is 21.2 Å². The Hall–Kier alpha value is -1.14. The van der Waals surface area contributed by atoms with Crippen LogP contribution in [0.2, 0.25) is 0 Å². The first-order valence-electron chi connectivity index (χ1n) is 5.67. The van der Waals surface area contributed by atoms with Gasteiger partial charge in [0.2, 0.25) is 0 Å². The molecule has 7 heteroatoms. The van der Waals surface area contributed by atoms with Gasteiger partial charge in [0.05, 0.1) is 4.92 Å². The van der Waals surface area contributed by atoms with E-state index in [0.29, 0.717) is 10.4 Å². The Labute approximate surface area is 124 Å². The molecule has 1 N–H and O–H groups in total. The second kappa shape index (κ2) is 6.86. The highest BCUT2D eigenvalue weighted by Gasteiger charge is 2.18. The zero-order valence-electron chi connectivity index (χ0n) is 10.5. The number of rotatable bonds is 5. The Balaban J connectivity index is 2.91. The van der Waals surface area contributed by atoms with Crippen LogP contribution in [-0.2, 0) is 0 Å². The molecule has 0 aromatic heterocycles. The number of hydrogen-bond donors (Lipinski definition) is 1. The lowest BCUT2D eigenvalue weighted by Crippen LogP contribution is -2.37. The van der Waals surface area contributed by atoms with Gasteiger partial charge in [-0.25, -0.2) is 0 Å². The summed E-state index contributed by atoms with van der Waals surface area (Å²) in [5.41, 5.74) is 0.118. The summed E-state index contributed by atoms with van der Waals surface area (Å²) in [7, 11) is 0. The smallest absolute Gasteiger partial charge is 0.271 e. The molecule has 0 aliphatic carbocycles. The van der Waals surface area contributed by atoms with E-state index in [1.165, 1.54) is 12.1 Å². The van der Waals surface area contributed by atoms with E-state index in [1.807, 2.05) is 13.8 Å². The molecule has 19 heavy (non-hydrogen) atoms. The largest absolute Gasteiger partial charge is 0.349 e. The fourth-order valence-corrected chi connectivity index (χ4v) is 2.13. The van der Waals surface area contributed by atoms with Crippen LogP contribution in [0.15, 0.2) is 22.7 Å². The van der Waals surface area contributed by atoms with Crippen molar-refractivity contribution in [3.8, 4) is 0 Å². The van der Waals surface area contributed by atoms with Crippen molar-refractivity contribution in [3.63, 3.8) is 0 Å². The number of amides is 1. The summed E-state index contributed by atoms with van der Waals surface area (Å²) in [6.45, 7) is 3.76. The van der Waals surface area contributed by atoms with Crippen LogP contribution < -0.4 is 5.32 Å². The van der Waals surface area contributed by atoms with Crippen LogP contribution in [0.1, 0.15) is 24.2 Å². The summed E-state index contributed by atoms with van der Waals surface area (Å²) in [6, 6.07) is 4.03. The Bertz CT molecular complexity index is 496. The minimum Gasteiger partial charge on any atom is -0.349 e. The van der Waals surface area contributed by atoms with Gasteiger partial charge in [-0.05, 0) is 18.9 Å². The maximum atomic E-state index is 12.0. The van der Waals surface area contributed by atoms with E-state index in [1.54, 1.807) is 6.07 Å². The van der Waals surface area contributed by atoms with Crippen molar-refractivity contribution >= 4 is 39.1 Å². The maximum Gasteiger partial charge on any atom is 0.271 e. The van der Waals surface area contributed by atoms with Crippen LogP contribution in [0.25, 0.3) is 0 Å². The van der Waals surface area contributed by atoms with Gasteiger partial charge in [0, 0.05) is 34.1 Å². The van der Waals surface area contributed by atoms with Crippen molar-refractivity contribution < 1.29 is 9.72 Å². The lowest BCUT2D eigenvalue weighted by molar-refractivity contribution is -0.385. The molecule has 2 unspecified atom stereocenters. The molecule has 104 valence electrons. The highest BCUT2D eigenvalue weighted by molar-refractivity contribution is 9.10. The Morgan fingerprint density at radius 1 is 1.47 bits per heavy atom. The van der Waals surface area contributed by atoms with Crippen LogP contribution >= 0.6 is 27.5 Å². The van der Waals surface area contributed by atoms with E-state index in [9.17, 15) is 14.9 Å². The zero-order chi connectivity index (χ0) is 14.6. The molecule has 0 saturated carbocycles. The maximum absolute atomic E-state index is 12.0. The highest BCUT2D eigenvalue weighted by atomic mass is 79.9. The number of carbonyl (C=O) groups excluding carboxylic acids is 1. The molecule has 1 aromatic rings. The van der Waals surface area contributed by atoms with Crippen LogP contribution in [0, 0.1) is 16.0 Å². The molecule has 0 heterocycles. The van der Waals surface area contributed by atoms with Crippen molar-refractivity contribution in [1.29, 1.82) is 0 Å². The molecule has 1 aromatic carbocycles. The second-order valence-electron chi connectivity index (χ2n) is 4.35. The van der Waals surface area contributed by atoms with Crippen LogP contribution in [-0.4, -0.2) is 22.8 Å². The fraction of sp³-hybridized carbons (Fsp3) is 0.417. The monoisotopic (exact) mass is 348 g/mol. The second-order valence-corrected chi connectivity index (χ2v) is 5.57. The summed E-state index contributed by atoms with van der Waals surface area (Å²) in [5.74, 6) is 0.196. The standard InChI is InChI=1S/C12H14BrClN2O3/c1-7(6-14)8(2)15-12(17)9-3-10(13)5-11(4-9)16(18)19/h3-5,7-8H,6H2,1-2H3,(H,15,17). The van der Waals surface area contributed by atoms with Crippen molar-refractivity contribution in [2.75, 3.05) is 5.88 Å². The molecule has 0 spiro atoms. The number of nitro benzene ring substituents is 1. The number of halogens is 2. The average Bonchev–Trinajstić information content (AvgIpc) is 2.36. The van der Waals surface area contributed by atoms with E-state index in [4.69, 9.17) is 11.6 Å². The highest BCUT2D eigenvalue weighted by Crippen LogP contribution is 2.21. The first-order valence-corrected chi connectivity index (χ1v) is 6.99. The normalized spacial score (nSPS) is 13.7. The first-order chi connectivity index (χ1) is 8.85. The summed E-state index contributed by atoms with van der Waals surface area (Å²) < 4.78 is 0.491. The van der Waals surface area contributed by atoms with E-state index in [0.717, 1.165) is 0 Å². The number of nitro groups is 1. The lowest BCUT2D eigenvalue weighted by atomic mass is 10.1. The number of nitrogens with zero attached hydrogens (tertiary/aromatic N) is 1. The average molecular weight is 350 g/mol. The number of nitrogens with one attached hydrogen (secondary N) is 1. The topological polar surface area (TPSA) is 72.2 Å². The van der Waals surface area contributed by atoms with E-state index < -0.39 is 4.92 Å². The van der Waals surface area contributed by atoms with Crippen molar-refractivity contribution in [1.82, 2.24) is 5.32 Å². The quantitative estimate of drug-likeness (QED) is 0.503. The van der Waals surface area contributed by atoms with Crippen molar-refractivity contribution in [3.05, 3.63) is 38.3 Å². The molecule has 2 atom stereocenters. The summed E-state index contributed by atoms with van der Waals surface area (Å²) in [6.07, 6.45) is 0. The summed E-state index contributed by atoms with van der Waals surface area (Å²) in [4.78, 5) is 22.2. The molecule has 0 radical (unpaired) electrons. The summed E-state index contributed by atoms with van der Waals surface area (Å²) >= 11 is 8.87. The molecule has 1 rings (SSSR count). The predicted octanol–water partition coefficient (Wildman–Crippen LogP) is 3.35.